The number of nitrogens with zero attached hydrogens (tertiary/aromatic N) is 6. The van der Waals surface area contributed by atoms with Crippen molar-refractivity contribution >= 4 is 28.5 Å². The second-order valence-corrected chi connectivity index (χ2v) is 6.31. The highest BCUT2D eigenvalue weighted by atomic mass is 19.4. The number of halogens is 3. The van der Waals surface area contributed by atoms with Gasteiger partial charge in [0.1, 0.15) is 11.6 Å². The van der Waals surface area contributed by atoms with E-state index in [-0.39, 0.29) is 17.6 Å². The van der Waals surface area contributed by atoms with Crippen molar-refractivity contribution in [1.82, 2.24) is 24.5 Å². The summed E-state index contributed by atoms with van der Waals surface area (Å²) in [5.41, 5.74) is 7.09. The molecule has 3 rings (SSSR count). The molecule has 0 radical (unpaired) electrons. The van der Waals surface area contributed by atoms with E-state index < -0.39 is 11.7 Å². The van der Waals surface area contributed by atoms with Crippen molar-refractivity contribution in [1.29, 1.82) is 0 Å². The molecule has 0 saturated carbocycles. The van der Waals surface area contributed by atoms with Crippen molar-refractivity contribution in [2.24, 2.45) is 4.99 Å². The van der Waals surface area contributed by atoms with E-state index in [1.807, 2.05) is 6.07 Å². The molecule has 0 aliphatic rings. The number of rotatable bonds is 4. The maximum atomic E-state index is 12.6. The van der Waals surface area contributed by atoms with Gasteiger partial charge in [-0.15, -0.1) is 0 Å². The number of anilines is 1. The van der Waals surface area contributed by atoms with Gasteiger partial charge in [-0.25, -0.2) is 15.0 Å². The number of aliphatic imine (C=N–C) groups is 1. The van der Waals surface area contributed by atoms with E-state index in [9.17, 15) is 13.2 Å². The molecule has 0 amide bonds. The fraction of sp³-hybridized carbons (Fsp3) is 0.211. The maximum absolute atomic E-state index is 12.6. The number of hydrogen-bond donors (Lipinski definition) is 1. The van der Waals surface area contributed by atoms with Crippen LogP contribution in [0.25, 0.3) is 17.1 Å². The predicted octanol–water partition coefficient (Wildman–Crippen LogP) is 4.18. The molecule has 3 aromatic heterocycles. The van der Waals surface area contributed by atoms with E-state index in [2.05, 4.69) is 31.5 Å². The molecule has 7 nitrogen and oxygen atoms in total. The maximum Gasteiger partial charge on any atom is 0.415 e. The van der Waals surface area contributed by atoms with Gasteiger partial charge in [0.2, 0.25) is 5.95 Å². The van der Waals surface area contributed by atoms with Crippen LogP contribution in [0.5, 0.6) is 0 Å². The zero-order valence-electron chi connectivity index (χ0n) is 16.0. The summed E-state index contributed by atoms with van der Waals surface area (Å²) in [6.07, 6.45) is -0.787. The highest BCUT2D eigenvalue weighted by Gasteiger charge is 2.29. The third-order valence-electron chi connectivity index (χ3n) is 4.12. The number of allylic oxidation sites excluding steroid dienone is 3. The summed E-state index contributed by atoms with van der Waals surface area (Å²) in [6.45, 7) is 8.01. The highest BCUT2D eigenvalue weighted by molar-refractivity contribution is 5.95. The highest BCUT2D eigenvalue weighted by Crippen LogP contribution is 2.26. The zero-order chi connectivity index (χ0) is 21.3. The van der Waals surface area contributed by atoms with E-state index in [0.29, 0.717) is 28.3 Å². The minimum atomic E-state index is -4.49. The Bertz CT molecular complexity index is 1160. The van der Waals surface area contributed by atoms with E-state index >= 15 is 0 Å². The number of hydrogen-bond acceptors (Lipinski definition) is 6. The lowest BCUT2D eigenvalue weighted by atomic mass is 10.2. The number of aryl methyl sites for hydroxylation is 1. The Morgan fingerprint density at radius 3 is 2.62 bits per heavy atom. The van der Waals surface area contributed by atoms with Crippen LogP contribution in [0.4, 0.5) is 24.8 Å². The van der Waals surface area contributed by atoms with Crippen LogP contribution in [-0.4, -0.2) is 36.4 Å². The van der Waals surface area contributed by atoms with Gasteiger partial charge in [-0.1, -0.05) is 6.58 Å². The zero-order valence-corrected chi connectivity index (χ0v) is 16.0. The lowest BCUT2D eigenvalue weighted by Gasteiger charge is -2.10. The SMILES string of the molecule is C=C(/C=C\C(C)=Nc1nc(-n2c(C)nc3ncccc32)nc(N)c1C)C(F)(F)F. The first kappa shape index (κ1) is 20.2. The molecule has 0 aliphatic heterocycles. The number of nitrogens with two attached hydrogens (primary N) is 1. The van der Waals surface area contributed by atoms with Crippen molar-refractivity contribution in [3.8, 4) is 5.95 Å². The molecule has 0 saturated heterocycles. The van der Waals surface area contributed by atoms with Crippen LogP contribution in [-0.2, 0) is 0 Å². The lowest BCUT2D eigenvalue weighted by Crippen LogP contribution is -2.09. The Labute approximate surface area is 164 Å². The smallest absolute Gasteiger partial charge is 0.383 e. The first-order valence-electron chi connectivity index (χ1n) is 8.52. The minimum Gasteiger partial charge on any atom is -0.383 e. The van der Waals surface area contributed by atoms with Crippen molar-refractivity contribution in [2.75, 3.05) is 5.73 Å². The molecule has 29 heavy (non-hydrogen) atoms. The third-order valence-corrected chi connectivity index (χ3v) is 4.12. The first-order valence-corrected chi connectivity index (χ1v) is 8.52. The van der Waals surface area contributed by atoms with Crippen molar-refractivity contribution in [2.45, 2.75) is 26.9 Å². The molecule has 10 heteroatoms. The summed E-state index contributed by atoms with van der Waals surface area (Å²) >= 11 is 0. The average molecular weight is 401 g/mol. The van der Waals surface area contributed by atoms with Gasteiger partial charge in [0, 0.05) is 23.0 Å². The van der Waals surface area contributed by atoms with Crippen LogP contribution in [0.15, 0.2) is 47.6 Å². The second-order valence-electron chi connectivity index (χ2n) is 6.31. The van der Waals surface area contributed by atoms with Crippen LogP contribution >= 0.6 is 0 Å². The summed E-state index contributed by atoms with van der Waals surface area (Å²) in [5.74, 6) is 1.30. The standard InChI is InChI=1S/C19H18F3N7/c1-10(19(20,21)22)7-8-11(2)25-16-12(3)15(23)27-18(28-16)29-13(4)26-17-14(29)6-5-9-24-17/h5-9H,1H2,2-4H3,(H2,23,27,28)/b8-7-,25-11?. The van der Waals surface area contributed by atoms with Gasteiger partial charge in [0.25, 0.3) is 0 Å². The van der Waals surface area contributed by atoms with Crippen molar-refractivity contribution in [3.05, 3.63) is 54.0 Å². The van der Waals surface area contributed by atoms with Crippen molar-refractivity contribution < 1.29 is 13.2 Å². The number of aromatic nitrogens is 5. The summed E-state index contributed by atoms with van der Waals surface area (Å²) in [7, 11) is 0. The molecule has 2 N–H and O–H groups in total. The second kappa shape index (κ2) is 7.46. The lowest BCUT2D eigenvalue weighted by molar-refractivity contribution is -0.0878. The van der Waals surface area contributed by atoms with Crippen LogP contribution in [0.2, 0.25) is 0 Å². The summed E-state index contributed by atoms with van der Waals surface area (Å²) < 4.78 is 39.4. The van der Waals surface area contributed by atoms with Gasteiger partial charge in [0.15, 0.2) is 11.5 Å². The summed E-state index contributed by atoms with van der Waals surface area (Å²) in [5, 5.41) is 0. The Kier molecular flexibility index (Phi) is 5.19. The van der Waals surface area contributed by atoms with Gasteiger partial charge in [0.05, 0.1) is 5.52 Å². The molecule has 0 atom stereocenters. The molecule has 0 unspecified atom stereocenters. The minimum absolute atomic E-state index is 0.204. The summed E-state index contributed by atoms with van der Waals surface area (Å²) in [6, 6.07) is 3.58. The van der Waals surface area contributed by atoms with Crippen molar-refractivity contribution in [3.63, 3.8) is 0 Å². The van der Waals surface area contributed by atoms with Crippen LogP contribution in [0.1, 0.15) is 18.3 Å². The number of fused-ring (bicyclic) bond motifs is 1. The first-order chi connectivity index (χ1) is 13.6. The molecule has 0 aromatic carbocycles. The quantitative estimate of drug-likeness (QED) is 0.523. The number of alkyl halides is 3. The topological polar surface area (TPSA) is 94.9 Å². The fourth-order valence-corrected chi connectivity index (χ4v) is 2.52. The Hall–Kier alpha value is -3.56. The number of imidazole rings is 1. The molecule has 0 aliphatic carbocycles. The van der Waals surface area contributed by atoms with E-state index in [1.165, 1.54) is 6.08 Å². The molecule has 3 aromatic rings. The Balaban J connectivity index is 2.06. The molecule has 0 bridgehead atoms. The largest absolute Gasteiger partial charge is 0.415 e. The molecular formula is C19H18F3N7. The van der Waals surface area contributed by atoms with Gasteiger partial charge in [-0.05, 0) is 45.1 Å². The van der Waals surface area contributed by atoms with Gasteiger partial charge < -0.3 is 5.73 Å². The molecule has 0 fully saturated rings. The van der Waals surface area contributed by atoms with Gasteiger partial charge >= 0.3 is 6.18 Å². The summed E-state index contributed by atoms with van der Waals surface area (Å²) in [4.78, 5) is 21.6. The molecule has 150 valence electrons. The van der Waals surface area contributed by atoms with E-state index in [4.69, 9.17) is 5.73 Å². The Morgan fingerprint density at radius 2 is 1.93 bits per heavy atom. The molecule has 0 spiro atoms. The fourth-order valence-electron chi connectivity index (χ4n) is 2.52. The van der Waals surface area contributed by atoms with Gasteiger partial charge in [-0.2, -0.15) is 23.1 Å². The average Bonchev–Trinajstić information content (AvgIpc) is 2.98. The monoisotopic (exact) mass is 401 g/mol. The van der Waals surface area contributed by atoms with Crippen LogP contribution in [0, 0.1) is 13.8 Å². The molecule has 3 heterocycles. The van der Waals surface area contributed by atoms with Crippen LogP contribution in [0.3, 0.4) is 0 Å². The Morgan fingerprint density at radius 1 is 1.21 bits per heavy atom. The molecular weight excluding hydrogens is 383 g/mol. The third kappa shape index (κ3) is 4.15. The van der Waals surface area contributed by atoms with E-state index in [0.717, 1.165) is 6.08 Å². The van der Waals surface area contributed by atoms with Crippen LogP contribution < -0.4 is 5.73 Å². The normalized spacial score (nSPS) is 12.8. The number of pyridine rings is 1. The predicted molar refractivity (Wildman–Crippen MR) is 105 cm³/mol. The number of nitrogen functional groups attached to an aromatic ring is 1. The van der Waals surface area contributed by atoms with Gasteiger partial charge in [-0.3, -0.25) is 4.57 Å². The van der Waals surface area contributed by atoms with E-state index in [1.54, 1.807) is 37.6 Å².